The number of hydrogen-bond donors (Lipinski definition) is 1. The van der Waals surface area contributed by atoms with Crippen molar-refractivity contribution < 1.29 is 4.74 Å². The number of rotatable bonds is 4. The van der Waals surface area contributed by atoms with E-state index in [1.807, 2.05) is 0 Å². The summed E-state index contributed by atoms with van der Waals surface area (Å²) in [5.41, 5.74) is 0. The van der Waals surface area contributed by atoms with Crippen LogP contribution in [0.1, 0.15) is 13.8 Å². The van der Waals surface area contributed by atoms with Crippen molar-refractivity contribution in [2.75, 3.05) is 32.8 Å². The summed E-state index contributed by atoms with van der Waals surface area (Å²) in [6.45, 7) is 8.81. The molecule has 1 N–H and O–H groups in total. The molecule has 0 amide bonds. The monoisotopic (exact) mass is 196 g/mol. The lowest BCUT2D eigenvalue weighted by Gasteiger charge is -2.35. The van der Waals surface area contributed by atoms with Gasteiger partial charge in [0, 0.05) is 25.7 Å². The average molecular weight is 196 g/mol. The summed E-state index contributed by atoms with van der Waals surface area (Å²) in [7, 11) is 0. The highest BCUT2D eigenvalue weighted by Gasteiger charge is 2.21. The predicted molar refractivity (Wildman–Crippen MR) is 58.2 cm³/mol. The van der Waals surface area contributed by atoms with Crippen molar-refractivity contribution in [1.82, 2.24) is 10.2 Å². The molecule has 1 heterocycles. The highest BCUT2D eigenvalue weighted by atomic mass is 16.5. The zero-order chi connectivity index (χ0) is 10.4. The van der Waals surface area contributed by atoms with Crippen molar-refractivity contribution in [3.63, 3.8) is 0 Å². The van der Waals surface area contributed by atoms with Crippen LogP contribution in [0.2, 0.25) is 0 Å². The van der Waals surface area contributed by atoms with Crippen LogP contribution in [0.25, 0.3) is 0 Å². The normalized spacial score (nSPS) is 23.7. The second-order valence-electron chi connectivity index (χ2n) is 3.92. The second kappa shape index (κ2) is 6.02. The molecule has 0 bridgehead atoms. The van der Waals surface area contributed by atoms with E-state index in [9.17, 15) is 0 Å². The van der Waals surface area contributed by atoms with Crippen LogP contribution in [0.3, 0.4) is 0 Å². The first-order chi connectivity index (χ1) is 6.74. The Balaban J connectivity index is 2.23. The molecule has 1 fully saturated rings. The average Bonchev–Trinajstić information content (AvgIpc) is 2.19. The topological polar surface area (TPSA) is 24.5 Å². The zero-order valence-electron chi connectivity index (χ0n) is 9.12. The molecule has 1 saturated heterocycles. The van der Waals surface area contributed by atoms with Crippen molar-refractivity contribution in [2.45, 2.75) is 26.0 Å². The van der Waals surface area contributed by atoms with Gasteiger partial charge in [-0.3, -0.25) is 4.90 Å². The van der Waals surface area contributed by atoms with Gasteiger partial charge in [-0.25, -0.2) is 0 Å². The summed E-state index contributed by atoms with van der Waals surface area (Å²) in [5.74, 6) is 2.56. The summed E-state index contributed by atoms with van der Waals surface area (Å²) in [6.07, 6.45) is 5.45. The van der Waals surface area contributed by atoms with E-state index in [0.717, 1.165) is 26.2 Å². The van der Waals surface area contributed by atoms with Gasteiger partial charge in [0.15, 0.2) is 0 Å². The third kappa shape index (κ3) is 3.67. The fourth-order valence-electron chi connectivity index (χ4n) is 1.64. The predicted octanol–water partition coefficient (Wildman–Crippen LogP) is 0.318. The van der Waals surface area contributed by atoms with Gasteiger partial charge in [0.05, 0.1) is 19.3 Å². The van der Waals surface area contributed by atoms with Crippen LogP contribution in [0.4, 0.5) is 0 Å². The Kier molecular flexibility index (Phi) is 4.95. The third-order valence-corrected chi connectivity index (χ3v) is 2.50. The minimum absolute atomic E-state index is 0.291. The van der Waals surface area contributed by atoms with Gasteiger partial charge in [-0.1, -0.05) is 5.92 Å². The molecule has 0 spiro atoms. The molecule has 0 saturated carbocycles. The van der Waals surface area contributed by atoms with E-state index in [4.69, 9.17) is 11.2 Å². The quantitative estimate of drug-likeness (QED) is 0.517. The van der Waals surface area contributed by atoms with Crippen molar-refractivity contribution in [1.29, 1.82) is 0 Å². The largest absolute Gasteiger partial charge is 0.374 e. The van der Waals surface area contributed by atoms with Gasteiger partial charge >= 0.3 is 0 Å². The van der Waals surface area contributed by atoms with Crippen LogP contribution in [-0.4, -0.2) is 49.8 Å². The smallest absolute Gasteiger partial charge is 0.0827 e. The first kappa shape index (κ1) is 11.5. The molecular formula is C11H20N2O. The van der Waals surface area contributed by atoms with Crippen molar-refractivity contribution in [2.24, 2.45) is 0 Å². The molecule has 1 aliphatic rings. The fraction of sp³-hybridized carbons (Fsp3) is 0.818. The zero-order valence-corrected chi connectivity index (χ0v) is 9.12. The molecule has 1 rings (SSSR count). The van der Waals surface area contributed by atoms with E-state index < -0.39 is 0 Å². The molecule has 80 valence electrons. The molecule has 1 atom stereocenters. The van der Waals surface area contributed by atoms with Gasteiger partial charge in [0.1, 0.15) is 0 Å². The first-order valence-corrected chi connectivity index (χ1v) is 5.24. The molecule has 0 aromatic carbocycles. The summed E-state index contributed by atoms with van der Waals surface area (Å²) >= 11 is 0. The fourth-order valence-corrected chi connectivity index (χ4v) is 1.64. The Labute approximate surface area is 86.8 Å². The SMILES string of the molecule is C#CCNCC1CN(C(C)C)CCO1. The van der Waals surface area contributed by atoms with Gasteiger partial charge in [-0.15, -0.1) is 6.42 Å². The summed E-state index contributed by atoms with van der Waals surface area (Å²) < 4.78 is 5.63. The highest BCUT2D eigenvalue weighted by Crippen LogP contribution is 2.07. The summed E-state index contributed by atoms with van der Waals surface area (Å²) in [5, 5.41) is 3.18. The van der Waals surface area contributed by atoms with E-state index >= 15 is 0 Å². The number of hydrogen-bond acceptors (Lipinski definition) is 3. The van der Waals surface area contributed by atoms with Gasteiger partial charge in [-0.05, 0) is 13.8 Å². The van der Waals surface area contributed by atoms with Crippen LogP contribution >= 0.6 is 0 Å². The molecule has 0 radical (unpaired) electrons. The number of nitrogens with one attached hydrogen (secondary N) is 1. The van der Waals surface area contributed by atoms with E-state index in [1.165, 1.54) is 0 Å². The molecule has 1 unspecified atom stereocenters. The molecule has 0 aromatic heterocycles. The number of ether oxygens (including phenoxy) is 1. The van der Waals surface area contributed by atoms with E-state index in [-0.39, 0.29) is 0 Å². The molecule has 3 heteroatoms. The standard InChI is InChI=1S/C11H20N2O/c1-4-5-12-8-11-9-13(10(2)3)6-7-14-11/h1,10-12H,5-9H2,2-3H3. The van der Waals surface area contributed by atoms with Crippen LogP contribution in [0, 0.1) is 12.3 Å². The molecular weight excluding hydrogens is 176 g/mol. The minimum Gasteiger partial charge on any atom is -0.374 e. The lowest BCUT2D eigenvalue weighted by atomic mass is 10.2. The Morgan fingerprint density at radius 2 is 2.43 bits per heavy atom. The molecule has 14 heavy (non-hydrogen) atoms. The summed E-state index contributed by atoms with van der Waals surface area (Å²) in [4.78, 5) is 2.44. The number of morpholine rings is 1. The Hall–Kier alpha value is -0.560. The van der Waals surface area contributed by atoms with Crippen molar-refractivity contribution >= 4 is 0 Å². The maximum Gasteiger partial charge on any atom is 0.0827 e. The Morgan fingerprint density at radius 3 is 3.07 bits per heavy atom. The van der Waals surface area contributed by atoms with Gasteiger partial charge < -0.3 is 10.1 Å². The van der Waals surface area contributed by atoms with E-state index in [2.05, 4.69) is 30.0 Å². The van der Waals surface area contributed by atoms with Crippen LogP contribution in [0.15, 0.2) is 0 Å². The second-order valence-corrected chi connectivity index (χ2v) is 3.92. The van der Waals surface area contributed by atoms with Crippen LogP contribution in [0.5, 0.6) is 0 Å². The lowest BCUT2D eigenvalue weighted by molar-refractivity contribution is -0.0367. The van der Waals surface area contributed by atoms with Gasteiger partial charge in [-0.2, -0.15) is 0 Å². The number of terminal acetylenes is 1. The minimum atomic E-state index is 0.291. The number of nitrogens with zero attached hydrogens (tertiary/aromatic N) is 1. The maximum absolute atomic E-state index is 5.63. The molecule has 3 nitrogen and oxygen atoms in total. The Morgan fingerprint density at radius 1 is 1.64 bits per heavy atom. The highest BCUT2D eigenvalue weighted by molar-refractivity contribution is 4.87. The molecule has 0 aromatic rings. The lowest BCUT2D eigenvalue weighted by Crippen LogP contribution is -2.49. The van der Waals surface area contributed by atoms with Gasteiger partial charge in [0.2, 0.25) is 0 Å². The van der Waals surface area contributed by atoms with E-state index in [1.54, 1.807) is 0 Å². The van der Waals surface area contributed by atoms with Crippen LogP contribution < -0.4 is 5.32 Å². The first-order valence-electron chi connectivity index (χ1n) is 5.24. The third-order valence-electron chi connectivity index (χ3n) is 2.50. The molecule has 0 aliphatic carbocycles. The summed E-state index contributed by atoms with van der Waals surface area (Å²) in [6, 6.07) is 0.606. The Bertz CT molecular complexity index is 198. The van der Waals surface area contributed by atoms with Crippen LogP contribution in [-0.2, 0) is 4.74 Å². The van der Waals surface area contributed by atoms with Crippen molar-refractivity contribution in [3.8, 4) is 12.3 Å². The van der Waals surface area contributed by atoms with Gasteiger partial charge in [0.25, 0.3) is 0 Å². The maximum atomic E-state index is 5.63. The van der Waals surface area contributed by atoms with E-state index in [0.29, 0.717) is 18.7 Å². The van der Waals surface area contributed by atoms with Crippen molar-refractivity contribution in [3.05, 3.63) is 0 Å². The molecule has 1 aliphatic heterocycles.